The molecule has 1 aliphatic carbocycles. The minimum Gasteiger partial charge on any atom is -0.376 e. The van der Waals surface area contributed by atoms with Crippen LogP contribution in [0, 0.1) is 5.92 Å². The fourth-order valence-corrected chi connectivity index (χ4v) is 3.47. The van der Waals surface area contributed by atoms with Crippen LogP contribution in [0.25, 0.3) is 0 Å². The molecule has 5 heteroatoms. The third kappa shape index (κ3) is 3.23. The lowest BCUT2D eigenvalue weighted by atomic mass is 10.1. The Morgan fingerprint density at radius 2 is 2.00 bits per heavy atom. The zero-order valence-electron chi connectivity index (χ0n) is 12.9. The lowest BCUT2D eigenvalue weighted by molar-refractivity contribution is -0.145. The summed E-state index contributed by atoms with van der Waals surface area (Å²) < 4.78 is 5.65. The summed E-state index contributed by atoms with van der Waals surface area (Å²) in [5.41, 5.74) is 0. The Balaban J connectivity index is 1.62. The van der Waals surface area contributed by atoms with Gasteiger partial charge in [-0.2, -0.15) is 0 Å². The molecule has 3 rings (SSSR count). The Kier molecular flexibility index (Phi) is 4.48. The smallest absolute Gasteiger partial charge is 0.245 e. The van der Waals surface area contributed by atoms with Crippen molar-refractivity contribution < 1.29 is 14.3 Å². The Morgan fingerprint density at radius 3 is 2.62 bits per heavy atom. The zero-order valence-corrected chi connectivity index (χ0v) is 12.9. The standard InChI is InChI=1S/C16H26N2O3/c1-2-17(11-13-5-4-10-21-13)16(20)14-6-3-9-18(14)15(19)12-7-8-12/h12-14H,2-11H2,1H3/t13-,14-/m0/s1. The van der Waals surface area contributed by atoms with Gasteiger partial charge in [0, 0.05) is 32.2 Å². The Labute approximate surface area is 126 Å². The number of carbonyl (C=O) groups is 2. The zero-order chi connectivity index (χ0) is 14.8. The molecule has 21 heavy (non-hydrogen) atoms. The predicted molar refractivity (Wildman–Crippen MR) is 78.7 cm³/mol. The van der Waals surface area contributed by atoms with E-state index in [0.29, 0.717) is 13.1 Å². The third-order valence-electron chi connectivity index (χ3n) is 4.89. The van der Waals surface area contributed by atoms with E-state index in [4.69, 9.17) is 4.74 Å². The molecule has 2 atom stereocenters. The number of hydrogen-bond donors (Lipinski definition) is 0. The molecule has 0 aromatic rings. The van der Waals surface area contributed by atoms with Crippen molar-refractivity contribution in [2.45, 2.75) is 57.6 Å². The number of likely N-dealkylation sites (N-methyl/N-ethyl adjacent to an activating group) is 1. The minimum absolute atomic E-state index is 0.125. The maximum atomic E-state index is 12.8. The molecule has 2 heterocycles. The number of nitrogens with zero attached hydrogens (tertiary/aromatic N) is 2. The Bertz CT molecular complexity index is 402. The van der Waals surface area contributed by atoms with Crippen LogP contribution in [0.3, 0.4) is 0 Å². The van der Waals surface area contributed by atoms with Gasteiger partial charge in [0.2, 0.25) is 11.8 Å². The molecule has 2 saturated heterocycles. The van der Waals surface area contributed by atoms with Crippen LogP contribution in [-0.2, 0) is 14.3 Å². The van der Waals surface area contributed by atoms with Crippen LogP contribution in [0.5, 0.6) is 0 Å². The first-order chi connectivity index (χ1) is 10.2. The first kappa shape index (κ1) is 14.8. The average molecular weight is 294 g/mol. The molecule has 3 fully saturated rings. The third-order valence-corrected chi connectivity index (χ3v) is 4.89. The molecule has 0 aromatic carbocycles. The summed E-state index contributed by atoms with van der Waals surface area (Å²) in [6.45, 7) is 4.95. The van der Waals surface area contributed by atoms with Crippen molar-refractivity contribution in [3.8, 4) is 0 Å². The highest BCUT2D eigenvalue weighted by Crippen LogP contribution is 2.34. The van der Waals surface area contributed by atoms with Crippen LogP contribution in [0.4, 0.5) is 0 Å². The van der Waals surface area contributed by atoms with E-state index in [9.17, 15) is 9.59 Å². The minimum atomic E-state index is -0.223. The average Bonchev–Trinajstić information content (AvgIpc) is 3.02. The van der Waals surface area contributed by atoms with Crippen LogP contribution in [0.2, 0.25) is 0 Å². The van der Waals surface area contributed by atoms with E-state index in [-0.39, 0.29) is 29.9 Å². The van der Waals surface area contributed by atoms with E-state index < -0.39 is 0 Å². The summed E-state index contributed by atoms with van der Waals surface area (Å²) in [5.74, 6) is 0.533. The van der Waals surface area contributed by atoms with Gasteiger partial charge in [0.05, 0.1) is 6.10 Å². The molecule has 118 valence electrons. The van der Waals surface area contributed by atoms with Gasteiger partial charge in [0.25, 0.3) is 0 Å². The summed E-state index contributed by atoms with van der Waals surface area (Å²) in [5, 5.41) is 0. The predicted octanol–water partition coefficient (Wildman–Crippen LogP) is 1.41. The van der Waals surface area contributed by atoms with Gasteiger partial charge in [-0.15, -0.1) is 0 Å². The van der Waals surface area contributed by atoms with Crippen molar-refractivity contribution in [2.75, 3.05) is 26.2 Å². The fourth-order valence-electron chi connectivity index (χ4n) is 3.47. The maximum absolute atomic E-state index is 12.8. The molecule has 5 nitrogen and oxygen atoms in total. The van der Waals surface area contributed by atoms with Gasteiger partial charge in [0.15, 0.2) is 0 Å². The van der Waals surface area contributed by atoms with Crippen molar-refractivity contribution in [1.82, 2.24) is 9.80 Å². The van der Waals surface area contributed by atoms with Crippen LogP contribution >= 0.6 is 0 Å². The lowest BCUT2D eigenvalue weighted by Crippen LogP contribution is -2.49. The molecular weight excluding hydrogens is 268 g/mol. The van der Waals surface area contributed by atoms with Gasteiger partial charge in [0.1, 0.15) is 6.04 Å². The molecule has 3 aliphatic rings. The Hall–Kier alpha value is -1.10. The van der Waals surface area contributed by atoms with Crippen LogP contribution in [-0.4, -0.2) is 60.0 Å². The van der Waals surface area contributed by atoms with Crippen LogP contribution in [0.15, 0.2) is 0 Å². The highest BCUT2D eigenvalue weighted by Gasteiger charge is 2.42. The second-order valence-corrected chi connectivity index (χ2v) is 6.48. The molecule has 0 aromatic heterocycles. The van der Waals surface area contributed by atoms with E-state index in [1.165, 1.54) is 0 Å². The lowest BCUT2D eigenvalue weighted by Gasteiger charge is -2.31. The van der Waals surface area contributed by atoms with Crippen molar-refractivity contribution >= 4 is 11.8 Å². The van der Waals surface area contributed by atoms with Crippen LogP contribution < -0.4 is 0 Å². The number of hydrogen-bond acceptors (Lipinski definition) is 3. The fraction of sp³-hybridized carbons (Fsp3) is 0.875. The van der Waals surface area contributed by atoms with Crippen molar-refractivity contribution in [1.29, 1.82) is 0 Å². The first-order valence-electron chi connectivity index (χ1n) is 8.41. The molecule has 0 radical (unpaired) electrons. The summed E-state index contributed by atoms with van der Waals surface area (Å²) in [6, 6.07) is -0.223. The van der Waals surface area contributed by atoms with Gasteiger partial charge >= 0.3 is 0 Å². The van der Waals surface area contributed by atoms with Crippen molar-refractivity contribution in [2.24, 2.45) is 5.92 Å². The molecule has 0 bridgehead atoms. The molecule has 2 amide bonds. The van der Waals surface area contributed by atoms with Gasteiger partial charge in [-0.05, 0) is 45.4 Å². The second kappa shape index (κ2) is 6.34. The van der Waals surface area contributed by atoms with E-state index in [1.54, 1.807) is 0 Å². The molecule has 2 aliphatic heterocycles. The summed E-state index contributed by atoms with van der Waals surface area (Å²) in [6.07, 6.45) is 6.09. The largest absolute Gasteiger partial charge is 0.376 e. The first-order valence-corrected chi connectivity index (χ1v) is 8.41. The normalized spacial score (nSPS) is 28.9. The quantitative estimate of drug-likeness (QED) is 0.770. The number of amides is 2. The van der Waals surface area contributed by atoms with Gasteiger partial charge in [-0.25, -0.2) is 0 Å². The second-order valence-electron chi connectivity index (χ2n) is 6.48. The number of rotatable bonds is 5. The van der Waals surface area contributed by atoms with E-state index in [1.807, 2.05) is 16.7 Å². The van der Waals surface area contributed by atoms with Gasteiger partial charge < -0.3 is 14.5 Å². The van der Waals surface area contributed by atoms with Crippen LogP contribution in [0.1, 0.15) is 45.4 Å². The maximum Gasteiger partial charge on any atom is 0.245 e. The van der Waals surface area contributed by atoms with Gasteiger partial charge in [-0.1, -0.05) is 0 Å². The summed E-state index contributed by atoms with van der Waals surface area (Å²) >= 11 is 0. The van der Waals surface area contributed by atoms with E-state index in [2.05, 4.69) is 0 Å². The van der Waals surface area contributed by atoms with Gasteiger partial charge in [-0.3, -0.25) is 9.59 Å². The molecule has 0 spiro atoms. The summed E-state index contributed by atoms with van der Waals surface area (Å²) in [4.78, 5) is 28.8. The Morgan fingerprint density at radius 1 is 1.19 bits per heavy atom. The SMILES string of the molecule is CCN(C[C@@H]1CCCO1)C(=O)[C@@H]1CCCN1C(=O)C1CC1. The highest BCUT2D eigenvalue weighted by molar-refractivity contribution is 5.90. The van der Waals surface area contributed by atoms with E-state index in [0.717, 1.165) is 51.7 Å². The summed E-state index contributed by atoms with van der Waals surface area (Å²) in [7, 11) is 0. The number of ether oxygens (including phenoxy) is 1. The molecule has 0 unspecified atom stereocenters. The topological polar surface area (TPSA) is 49.9 Å². The number of likely N-dealkylation sites (tertiary alicyclic amines) is 1. The monoisotopic (exact) mass is 294 g/mol. The number of carbonyl (C=O) groups excluding carboxylic acids is 2. The molecule has 0 N–H and O–H groups in total. The van der Waals surface area contributed by atoms with E-state index >= 15 is 0 Å². The van der Waals surface area contributed by atoms with Crippen molar-refractivity contribution in [3.63, 3.8) is 0 Å². The van der Waals surface area contributed by atoms with Crippen molar-refractivity contribution in [3.05, 3.63) is 0 Å². The molecular formula is C16H26N2O3. The highest BCUT2D eigenvalue weighted by atomic mass is 16.5. The molecule has 1 saturated carbocycles.